The van der Waals surface area contributed by atoms with Gasteiger partial charge in [0.15, 0.2) is 0 Å². The van der Waals surface area contributed by atoms with E-state index in [1.165, 1.54) is 4.90 Å². The van der Waals surface area contributed by atoms with Gasteiger partial charge in [-0.15, -0.1) is 0 Å². The van der Waals surface area contributed by atoms with Gasteiger partial charge in [0.2, 0.25) is 5.91 Å². The molecule has 2 unspecified atom stereocenters. The molecule has 1 aliphatic carbocycles. The van der Waals surface area contributed by atoms with Gasteiger partial charge in [-0.05, 0) is 12.8 Å². The van der Waals surface area contributed by atoms with E-state index in [1.807, 2.05) is 0 Å². The third-order valence-electron chi connectivity index (χ3n) is 3.73. The van der Waals surface area contributed by atoms with Gasteiger partial charge in [-0.3, -0.25) is 14.5 Å². The van der Waals surface area contributed by atoms with Crippen LogP contribution in [0, 0.1) is 0 Å². The van der Waals surface area contributed by atoms with Crippen LogP contribution in [0.4, 0.5) is 0 Å². The molecule has 2 aliphatic rings. The van der Waals surface area contributed by atoms with Gasteiger partial charge in [0.05, 0.1) is 12.6 Å². The molecule has 2 fully saturated rings. The van der Waals surface area contributed by atoms with Crippen LogP contribution in [0.1, 0.15) is 32.1 Å². The molecule has 1 saturated carbocycles. The van der Waals surface area contributed by atoms with E-state index in [2.05, 4.69) is 5.32 Å². The maximum Gasteiger partial charge on any atom is 0.321 e. The van der Waals surface area contributed by atoms with Gasteiger partial charge < -0.3 is 15.5 Å². The minimum atomic E-state index is -0.972. The number of amides is 1. The van der Waals surface area contributed by atoms with E-state index >= 15 is 0 Å². The lowest BCUT2D eigenvalue weighted by molar-refractivity contribution is -0.142. The van der Waals surface area contributed by atoms with Crippen molar-refractivity contribution < 1.29 is 19.8 Å². The lowest BCUT2D eigenvalue weighted by Crippen LogP contribution is -2.45. The number of nitrogens with zero attached hydrogens (tertiary/aromatic N) is 1. The van der Waals surface area contributed by atoms with Crippen molar-refractivity contribution in [3.8, 4) is 0 Å². The third-order valence-corrected chi connectivity index (χ3v) is 3.73. The summed E-state index contributed by atoms with van der Waals surface area (Å²) in [6.07, 6.45) is 3.86. The Labute approximate surface area is 106 Å². The molecule has 1 aliphatic heterocycles. The second kappa shape index (κ2) is 5.67. The summed E-state index contributed by atoms with van der Waals surface area (Å²) in [6.45, 7) is 0.319. The Kier molecular flexibility index (Phi) is 4.19. The first-order valence-electron chi connectivity index (χ1n) is 6.50. The highest BCUT2D eigenvalue weighted by Crippen LogP contribution is 2.19. The molecule has 0 aromatic carbocycles. The fraction of sp³-hybridized carbons (Fsp3) is 0.833. The van der Waals surface area contributed by atoms with Crippen molar-refractivity contribution in [1.29, 1.82) is 0 Å². The van der Waals surface area contributed by atoms with Gasteiger partial charge >= 0.3 is 5.97 Å². The van der Waals surface area contributed by atoms with Gasteiger partial charge in [-0.2, -0.15) is 0 Å². The van der Waals surface area contributed by atoms with Gasteiger partial charge in [0, 0.05) is 19.0 Å². The van der Waals surface area contributed by atoms with Crippen LogP contribution in [0.5, 0.6) is 0 Å². The lowest BCUT2D eigenvalue weighted by Gasteiger charge is -2.21. The highest BCUT2D eigenvalue weighted by molar-refractivity contribution is 5.80. The van der Waals surface area contributed by atoms with E-state index < -0.39 is 18.1 Å². The van der Waals surface area contributed by atoms with E-state index in [4.69, 9.17) is 5.11 Å². The summed E-state index contributed by atoms with van der Waals surface area (Å²) in [5, 5.41) is 21.4. The Morgan fingerprint density at radius 2 is 1.94 bits per heavy atom. The molecule has 102 valence electrons. The summed E-state index contributed by atoms with van der Waals surface area (Å²) in [5.74, 6) is -1.11. The number of hydrogen-bond acceptors (Lipinski definition) is 4. The van der Waals surface area contributed by atoms with E-state index in [0.717, 1.165) is 25.7 Å². The van der Waals surface area contributed by atoms with E-state index in [-0.39, 0.29) is 31.5 Å². The topological polar surface area (TPSA) is 89.9 Å². The molecule has 1 amide bonds. The Hall–Kier alpha value is -1.14. The second-order valence-corrected chi connectivity index (χ2v) is 5.22. The number of carboxylic acids is 1. The molecule has 6 heteroatoms. The fourth-order valence-electron chi connectivity index (χ4n) is 2.84. The van der Waals surface area contributed by atoms with Crippen LogP contribution >= 0.6 is 0 Å². The number of hydrogen-bond donors (Lipinski definition) is 3. The number of carboxylic acid groups (broad SMARTS) is 1. The monoisotopic (exact) mass is 256 g/mol. The summed E-state index contributed by atoms with van der Waals surface area (Å²) in [6, 6.07) is -0.498. The first kappa shape index (κ1) is 13.3. The highest BCUT2D eigenvalue weighted by atomic mass is 16.4. The average Bonchev–Trinajstić information content (AvgIpc) is 2.88. The predicted molar refractivity (Wildman–Crippen MR) is 64.0 cm³/mol. The minimum Gasteiger partial charge on any atom is -0.480 e. The molecule has 0 radical (unpaired) electrons. The number of rotatable bonds is 4. The van der Waals surface area contributed by atoms with Crippen LogP contribution in [-0.2, 0) is 9.59 Å². The summed E-state index contributed by atoms with van der Waals surface area (Å²) >= 11 is 0. The van der Waals surface area contributed by atoms with Gasteiger partial charge in [-0.1, -0.05) is 12.8 Å². The number of aliphatic hydroxyl groups excluding tert-OH is 1. The van der Waals surface area contributed by atoms with Crippen molar-refractivity contribution in [1.82, 2.24) is 10.2 Å². The molecular formula is C12H20N2O4. The van der Waals surface area contributed by atoms with Gasteiger partial charge in [0.25, 0.3) is 0 Å². The summed E-state index contributed by atoms with van der Waals surface area (Å²) < 4.78 is 0. The first-order chi connectivity index (χ1) is 8.56. The highest BCUT2D eigenvalue weighted by Gasteiger charge is 2.37. The number of carbonyl (C=O) groups is 2. The SMILES string of the molecule is O=C(CN1CC(O)CC1C(=O)O)NC1CCCC1. The number of aliphatic carboxylic acids is 1. The average molecular weight is 256 g/mol. The number of β-amino-alcohol motifs (C(OH)–C–C–N with tert-alkyl or cyclic N) is 1. The largest absolute Gasteiger partial charge is 0.480 e. The summed E-state index contributed by atoms with van der Waals surface area (Å²) in [4.78, 5) is 24.3. The van der Waals surface area contributed by atoms with Crippen molar-refractivity contribution >= 4 is 11.9 Å². The molecule has 6 nitrogen and oxygen atoms in total. The quantitative estimate of drug-likeness (QED) is 0.635. The molecule has 0 aromatic heterocycles. The maximum absolute atomic E-state index is 11.8. The molecule has 18 heavy (non-hydrogen) atoms. The number of nitrogens with one attached hydrogen (secondary N) is 1. The maximum atomic E-state index is 11.8. The van der Waals surface area contributed by atoms with E-state index in [1.54, 1.807) is 0 Å². The second-order valence-electron chi connectivity index (χ2n) is 5.22. The van der Waals surface area contributed by atoms with Crippen molar-refractivity contribution in [2.45, 2.75) is 50.3 Å². The summed E-state index contributed by atoms with van der Waals surface area (Å²) in [5.41, 5.74) is 0. The van der Waals surface area contributed by atoms with E-state index in [0.29, 0.717) is 0 Å². The molecule has 2 atom stereocenters. The Morgan fingerprint density at radius 3 is 2.56 bits per heavy atom. The van der Waals surface area contributed by atoms with Crippen LogP contribution in [0.15, 0.2) is 0 Å². The molecule has 3 N–H and O–H groups in total. The van der Waals surface area contributed by atoms with Crippen molar-refractivity contribution in [2.24, 2.45) is 0 Å². The van der Waals surface area contributed by atoms with Crippen molar-refractivity contribution in [2.75, 3.05) is 13.1 Å². The van der Waals surface area contributed by atoms with Crippen molar-refractivity contribution in [3.63, 3.8) is 0 Å². The Balaban J connectivity index is 1.83. The molecule has 2 rings (SSSR count). The number of carbonyl (C=O) groups excluding carboxylic acids is 1. The Morgan fingerprint density at radius 1 is 1.28 bits per heavy atom. The molecule has 0 spiro atoms. The van der Waals surface area contributed by atoms with Crippen LogP contribution in [0.2, 0.25) is 0 Å². The predicted octanol–water partition coefficient (Wildman–Crippen LogP) is -0.435. The van der Waals surface area contributed by atoms with Crippen LogP contribution in [-0.4, -0.2) is 58.3 Å². The zero-order chi connectivity index (χ0) is 13.1. The van der Waals surface area contributed by atoms with E-state index in [9.17, 15) is 14.7 Å². The van der Waals surface area contributed by atoms with Crippen LogP contribution in [0.3, 0.4) is 0 Å². The molecule has 1 saturated heterocycles. The Bertz CT molecular complexity index is 328. The molecular weight excluding hydrogens is 236 g/mol. The van der Waals surface area contributed by atoms with Gasteiger partial charge in [0.1, 0.15) is 6.04 Å². The van der Waals surface area contributed by atoms with Gasteiger partial charge in [-0.25, -0.2) is 0 Å². The van der Waals surface area contributed by atoms with Crippen LogP contribution < -0.4 is 5.32 Å². The number of aliphatic hydroxyl groups is 1. The smallest absolute Gasteiger partial charge is 0.321 e. The lowest BCUT2D eigenvalue weighted by atomic mass is 10.2. The van der Waals surface area contributed by atoms with Crippen LogP contribution in [0.25, 0.3) is 0 Å². The number of likely N-dealkylation sites (tertiary alicyclic amines) is 1. The third kappa shape index (κ3) is 3.20. The molecule has 0 bridgehead atoms. The molecule has 0 aromatic rings. The van der Waals surface area contributed by atoms with Crippen molar-refractivity contribution in [3.05, 3.63) is 0 Å². The normalized spacial score (nSPS) is 29.6. The zero-order valence-corrected chi connectivity index (χ0v) is 10.3. The molecule has 1 heterocycles. The standard InChI is InChI=1S/C12H20N2O4/c15-9-5-10(12(17)18)14(6-9)7-11(16)13-8-3-1-2-4-8/h8-10,15H,1-7H2,(H,13,16)(H,17,18). The minimum absolute atomic E-state index is 0.0600. The first-order valence-corrected chi connectivity index (χ1v) is 6.50. The zero-order valence-electron chi connectivity index (χ0n) is 10.3. The summed E-state index contributed by atoms with van der Waals surface area (Å²) in [7, 11) is 0. The fourth-order valence-corrected chi connectivity index (χ4v) is 2.84.